The molecule has 0 saturated carbocycles. The number of morpholine rings is 1. The van der Waals surface area contributed by atoms with Crippen molar-refractivity contribution in [3.05, 3.63) is 23.7 Å². The molecule has 9 nitrogen and oxygen atoms in total. The van der Waals surface area contributed by atoms with Crippen LogP contribution >= 0.6 is 0 Å². The van der Waals surface area contributed by atoms with Crippen molar-refractivity contribution >= 4 is 47.0 Å². The Hall–Kier alpha value is -1.56. The third kappa shape index (κ3) is 10.4. The van der Waals surface area contributed by atoms with E-state index in [1.54, 1.807) is 6.92 Å². The van der Waals surface area contributed by atoms with E-state index in [-0.39, 0.29) is 33.3 Å². The molecule has 0 bridgehead atoms. The Bertz CT molecular complexity index is 911. The van der Waals surface area contributed by atoms with Gasteiger partial charge in [-0.3, -0.25) is 25.7 Å². The predicted octanol–water partition coefficient (Wildman–Crippen LogP) is 3.80. The first kappa shape index (κ1) is 34.4. The fourth-order valence-corrected chi connectivity index (χ4v) is 4.01. The van der Waals surface area contributed by atoms with E-state index in [0.717, 1.165) is 5.76 Å². The monoisotopic (exact) mass is 586 g/mol. The van der Waals surface area contributed by atoms with E-state index in [0.29, 0.717) is 55.2 Å². The number of aliphatic imine (C=N–C) groups is 2. The molecule has 2 heterocycles. The van der Waals surface area contributed by atoms with Crippen LogP contribution in [0.4, 0.5) is 0 Å². The molecule has 0 amide bonds. The molecule has 0 spiro atoms. The Morgan fingerprint density at radius 3 is 1.94 bits per heavy atom. The van der Waals surface area contributed by atoms with Crippen molar-refractivity contribution in [1.29, 1.82) is 0 Å². The van der Waals surface area contributed by atoms with Crippen LogP contribution in [0.25, 0.3) is 0 Å². The van der Waals surface area contributed by atoms with E-state index >= 15 is 0 Å². The van der Waals surface area contributed by atoms with Crippen LogP contribution < -0.4 is 10.9 Å². The molecule has 36 heavy (non-hydrogen) atoms. The standard InChI is InChI=1S/C22H37N7O2S2.C2H6.Cu/c1-8-23-19(32)27-25-15(3)18(26-28-20(33)24-9-2)17-11-10-16(31-17)12-29-21(4,5)13-30-14-22(29,6)7;1-2;/h10-11H,8-9,12-14H2,1-7H3,(H2,23,27,32)(H2,24,28,33);1-2H3;/q;;+2/p-2/b25-15+,26-18-;;. The van der Waals surface area contributed by atoms with Crippen molar-refractivity contribution in [3.63, 3.8) is 0 Å². The minimum Gasteiger partial charge on any atom is -0.741 e. The van der Waals surface area contributed by atoms with Gasteiger partial charge >= 0.3 is 17.1 Å². The Balaban J connectivity index is 0.00000398. The molecule has 1 radical (unpaired) electrons. The van der Waals surface area contributed by atoms with Crippen LogP contribution in [-0.4, -0.2) is 64.0 Å². The molecule has 2 rings (SSSR count). The molecule has 1 aliphatic rings. The normalized spacial score (nSPS) is 18.6. The fraction of sp³-hybridized carbons (Fsp3) is 0.667. The molecule has 0 aliphatic carbocycles. The van der Waals surface area contributed by atoms with Gasteiger partial charge in [-0.2, -0.15) is 10.2 Å². The quantitative estimate of drug-likeness (QED) is 0.157. The topological polar surface area (TPSA) is 99.1 Å². The van der Waals surface area contributed by atoms with Gasteiger partial charge in [-0.05, 0) is 70.9 Å². The first-order valence-corrected chi connectivity index (χ1v) is 12.8. The average molecular weight is 587 g/mol. The van der Waals surface area contributed by atoms with E-state index in [9.17, 15) is 0 Å². The van der Waals surface area contributed by atoms with E-state index in [2.05, 4.69) is 63.6 Å². The second-order valence-electron chi connectivity index (χ2n) is 8.91. The van der Waals surface area contributed by atoms with Gasteiger partial charge in [0.15, 0.2) is 5.76 Å². The number of hydrogen-bond acceptors (Lipinski definition) is 9. The van der Waals surface area contributed by atoms with Crippen LogP contribution in [0.3, 0.4) is 0 Å². The van der Waals surface area contributed by atoms with Crippen molar-refractivity contribution in [2.24, 2.45) is 20.2 Å². The molecule has 0 atom stereocenters. The number of nitrogens with zero attached hydrogens (tertiary/aromatic N) is 5. The third-order valence-corrected chi connectivity index (χ3v) is 5.55. The molecule has 1 aromatic heterocycles. The van der Waals surface area contributed by atoms with Crippen LogP contribution in [0.1, 0.15) is 73.8 Å². The van der Waals surface area contributed by atoms with Gasteiger partial charge in [-0.15, -0.1) is 0 Å². The Labute approximate surface area is 238 Å². The van der Waals surface area contributed by atoms with Gasteiger partial charge in [0, 0.05) is 24.2 Å². The molecule has 1 fully saturated rings. The molecule has 1 aliphatic heterocycles. The van der Waals surface area contributed by atoms with Crippen LogP contribution in [0.2, 0.25) is 0 Å². The summed E-state index contributed by atoms with van der Waals surface area (Å²) in [5.74, 6) is 1.38. The number of hydrogen-bond donors (Lipinski definition) is 2. The molecule has 1 saturated heterocycles. The largest absolute Gasteiger partial charge is 2.00 e. The zero-order chi connectivity index (χ0) is 26.6. The van der Waals surface area contributed by atoms with Crippen molar-refractivity contribution < 1.29 is 26.2 Å². The molecule has 0 unspecified atom stereocenters. The second kappa shape index (κ2) is 16.3. The first-order chi connectivity index (χ1) is 16.5. The molecule has 0 aromatic carbocycles. The van der Waals surface area contributed by atoms with Gasteiger partial charge in [0.1, 0.15) is 11.5 Å². The van der Waals surface area contributed by atoms with E-state index in [1.165, 1.54) is 0 Å². The maximum atomic E-state index is 6.21. The maximum absolute atomic E-state index is 6.21. The van der Waals surface area contributed by atoms with E-state index in [4.69, 9.17) is 34.4 Å². The van der Waals surface area contributed by atoms with Gasteiger partial charge in [0.25, 0.3) is 0 Å². The summed E-state index contributed by atoms with van der Waals surface area (Å²) >= 11 is 10.3. The summed E-state index contributed by atoms with van der Waals surface area (Å²) in [5, 5.41) is 9.32. The molecule has 1 aromatic rings. The molecular weight excluding hydrogens is 546 g/mol. The summed E-state index contributed by atoms with van der Waals surface area (Å²) in [7, 11) is 0. The third-order valence-electron chi connectivity index (χ3n) is 5.11. The first-order valence-electron chi connectivity index (χ1n) is 12.0. The SMILES string of the molecule is CC.CCN=C([S-])N/N=C(/C(C)=N/NC([S-])=NCC)c1ccc(CN2C(C)(C)COCC2(C)C)o1.[Cu+2]. The molecule has 12 heteroatoms. The Morgan fingerprint density at radius 1 is 0.944 bits per heavy atom. The number of furan rings is 1. The van der Waals surface area contributed by atoms with Gasteiger partial charge in [0.2, 0.25) is 0 Å². The minimum atomic E-state index is -0.124. The van der Waals surface area contributed by atoms with Crippen LogP contribution in [0, 0.1) is 0 Å². The zero-order valence-electron chi connectivity index (χ0n) is 22.9. The number of rotatable bonds is 8. The van der Waals surface area contributed by atoms with Crippen LogP contribution in [0.5, 0.6) is 0 Å². The Morgan fingerprint density at radius 2 is 1.44 bits per heavy atom. The maximum Gasteiger partial charge on any atom is 2.00 e. The molecule has 207 valence electrons. The number of hydrazone groups is 2. The number of nitrogens with one attached hydrogen (secondary N) is 2. The smallest absolute Gasteiger partial charge is 0.741 e. The van der Waals surface area contributed by atoms with E-state index in [1.807, 2.05) is 39.8 Å². The number of amidine groups is 2. The van der Waals surface area contributed by atoms with Crippen molar-refractivity contribution in [1.82, 2.24) is 15.8 Å². The van der Waals surface area contributed by atoms with Crippen LogP contribution in [0.15, 0.2) is 36.7 Å². The summed E-state index contributed by atoms with van der Waals surface area (Å²) in [5.41, 5.74) is 6.36. The number of ether oxygens (including phenoxy) is 1. The Kier molecular flexibility index (Phi) is 15.6. The summed E-state index contributed by atoms with van der Waals surface area (Å²) in [6.45, 7) is 21.4. The van der Waals surface area contributed by atoms with Gasteiger partial charge in [0.05, 0.1) is 25.5 Å². The van der Waals surface area contributed by atoms with Crippen molar-refractivity contribution in [2.75, 3.05) is 26.3 Å². The predicted molar refractivity (Wildman–Crippen MR) is 151 cm³/mol. The average Bonchev–Trinajstić information content (AvgIpc) is 3.25. The van der Waals surface area contributed by atoms with Crippen LogP contribution in [-0.2, 0) is 53.6 Å². The van der Waals surface area contributed by atoms with E-state index < -0.39 is 0 Å². The van der Waals surface area contributed by atoms with Crippen molar-refractivity contribution in [2.45, 2.75) is 79.9 Å². The van der Waals surface area contributed by atoms with Crippen molar-refractivity contribution in [3.8, 4) is 0 Å². The molecule has 2 N–H and O–H groups in total. The summed E-state index contributed by atoms with van der Waals surface area (Å²) in [6, 6.07) is 3.84. The summed E-state index contributed by atoms with van der Waals surface area (Å²) in [4.78, 5) is 10.6. The van der Waals surface area contributed by atoms with Gasteiger partial charge < -0.3 is 34.4 Å². The zero-order valence-corrected chi connectivity index (χ0v) is 25.4. The minimum absolute atomic E-state index is 0. The fourth-order valence-electron chi connectivity index (χ4n) is 3.66. The van der Waals surface area contributed by atoms with Gasteiger partial charge in [-0.1, -0.05) is 13.8 Å². The molecular formula is C24H41CuN7O2S2. The van der Waals surface area contributed by atoms with Gasteiger partial charge in [-0.25, -0.2) is 0 Å². The summed E-state index contributed by atoms with van der Waals surface area (Å²) in [6.07, 6.45) is 0. The second-order valence-corrected chi connectivity index (χ2v) is 9.68. The summed E-state index contributed by atoms with van der Waals surface area (Å²) < 4.78 is 12.0.